The van der Waals surface area contributed by atoms with Crippen LogP contribution in [0.4, 0.5) is 5.69 Å². The summed E-state index contributed by atoms with van der Waals surface area (Å²) in [6.07, 6.45) is 3.91. The van der Waals surface area contributed by atoms with Crippen molar-refractivity contribution in [1.29, 1.82) is 0 Å². The maximum Gasteiger partial charge on any atom is 0.262 e. The molecule has 0 bridgehead atoms. The molecule has 8 heteroatoms. The summed E-state index contributed by atoms with van der Waals surface area (Å²) < 4.78 is 32.6. The van der Waals surface area contributed by atoms with E-state index < -0.39 is 10.0 Å². The number of anilines is 1. The van der Waals surface area contributed by atoms with E-state index in [1.807, 2.05) is 13.0 Å². The Balaban J connectivity index is 1.57. The number of nitrogens with zero attached hydrogens (tertiary/aromatic N) is 1. The van der Waals surface area contributed by atoms with Crippen LogP contribution in [0.25, 0.3) is 0 Å². The molecule has 1 aliphatic heterocycles. The van der Waals surface area contributed by atoms with Crippen molar-refractivity contribution < 1.29 is 17.9 Å². The lowest BCUT2D eigenvalue weighted by Crippen LogP contribution is -2.31. The van der Waals surface area contributed by atoms with E-state index in [-0.39, 0.29) is 17.4 Å². The van der Waals surface area contributed by atoms with E-state index in [4.69, 9.17) is 16.3 Å². The molecule has 0 unspecified atom stereocenters. The van der Waals surface area contributed by atoms with Gasteiger partial charge in [-0.05, 0) is 61.7 Å². The first kappa shape index (κ1) is 21.6. The first-order valence-corrected chi connectivity index (χ1v) is 11.5. The summed E-state index contributed by atoms with van der Waals surface area (Å²) >= 11 is 6.05. The van der Waals surface area contributed by atoms with Gasteiger partial charge in [-0.2, -0.15) is 4.31 Å². The van der Waals surface area contributed by atoms with Crippen molar-refractivity contribution in [1.82, 2.24) is 4.31 Å². The average molecular weight is 437 g/mol. The molecule has 1 N–H and O–H groups in total. The van der Waals surface area contributed by atoms with Crippen molar-refractivity contribution >= 4 is 33.2 Å². The molecule has 0 spiro atoms. The van der Waals surface area contributed by atoms with Crippen molar-refractivity contribution in [2.75, 3.05) is 25.0 Å². The number of amides is 1. The Hall–Kier alpha value is -2.09. The van der Waals surface area contributed by atoms with Gasteiger partial charge in [-0.15, -0.1) is 0 Å². The molecule has 1 amide bonds. The zero-order valence-corrected chi connectivity index (χ0v) is 17.9. The summed E-state index contributed by atoms with van der Waals surface area (Å²) in [5.41, 5.74) is 1.52. The highest BCUT2D eigenvalue weighted by Crippen LogP contribution is 2.23. The Morgan fingerprint density at radius 3 is 2.34 bits per heavy atom. The Bertz CT molecular complexity index is 953. The van der Waals surface area contributed by atoms with Gasteiger partial charge in [0.15, 0.2) is 6.61 Å². The van der Waals surface area contributed by atoms with Crippen LogP contribution in [0.15, 0.2) is 47.4 Å². The first-order valence-electron chi connectivity index (χ1n) is 9.65. The maximum absolute atomic E-state index is 12.8. The van der Waals surface area contributed by atoms with E-state index >= 15 is 0 Å². The number of sulfonamides is 1. The molecule has 0 atom stereocenters. The topological polar surface area (TPSA) is 75.7 Å². The second kappa shape index (κ2) is 9.61. The summed E-state index contributed by atoms with van der Waals surface area (Å²) in [6.45, 7) is 2.81. The lowest BCUT2D eigenvalue weighted by atomic mass is 10.2. The van der Waals surface area contributed by atoms with Crippen molar-refractivity contribution in [2.24, 2.45) is 0 Å². The lowest BCUT2D eigenvalue weighted by Gasteiger charge is -2.20. The summed E-state index contributed by atoms with van der Waals surface area (Å²) in [6, 6.07) is 11.4. The molecule has 0 saturated carbocycles. The molecule has 1 fully saturated rings. The fourth-order valence-corrected chi connectivity index (χ4v) is 4.85. The van der Waals surface area contributed by atoms with Gasteiger partial charge in [0, 0.05) is 23.8 Å². The number of hydrogen-bond donors (Lipinski definition) is 1. The van der Waals surface area contributed by atoms with Crippen LogP contribution in [0, 0.1) is 6.92 Å². The minimum absolute atomic E-state index is 0.191. The Morgan fingerprint density at radius 2 is 1.72 bits per heavy atom. The largest absolute Gasteiger partial charge is 0.484 e. The Labute approximate surface area is 176 Å². The SMILES string of the molecule is Cc1ccc(NC(=O)COc2ccc(S(=O)(=O)N3CCCCCC3)cc2)cc1Cl. The number of ether oxygens (including phenoxy) is 1. The third kappa shape index (κ3) is 5.72. The van der Waals surface area contributed by atoms with Crippen molar-refractivity contribution in [2.45, 2.75) is 37.5 Å². The predicted molar refractivity (Wildman–Crippen MR) is 114 cm³/mol. The van der Waals surface area contributed by atoms with Crippen LogP contribution in [-0.2, 0) is 14.8 Å². The summed E-state index contributed by atoms with van der Waals surface area (Å²) in [4.78, 5) is 12.3. The Morgan fingerprint density at radius 1 is 1.07 bits per heavy atom. The third-order valence-corrected chi connectivity index (χ3v) is 7.17. The number of aryl methyl sites for hydroxylation is 1. The van der Waals surface area contributed by atoms with Crippen LogP contribution in [-0.4, -0.2) is 38.3 Å². The molecule has 156 valence electrons. The second-order valence-corrected chi connectivity index (χ2v) is 9.44. The zero-order valence-electron chi connectivity index (χ0n) is 16.4. The molecule has 2 aromatic rings. The van der Waals surface area contributed by atoms with Crippen molar-refractivity contribution in [3.05, 3.63) is 53.1 Å². The molecule has 3 rings (SSSR count). The van der Waals surface area contributed by atoms with Gasteiger partial charge in [-0.25, -0.2) is 8.42 Å². The second-order valence-electron chi connectivity index (χ2n) is 7.09. The molecular formula is C21H25ClN2O4S. The van der Waals surface area contributed by atoms with E-state index in [0.717, 1.165) is 31.2 Å². The number of carbonyl (C=O) groups excluding carboxylic acids is 1. The van der Waals surface area contributed by atoms with E-state index in [9.17, 15) is 13.2 Å². The minimum Gasteiger partial charge on any atom is -0.484 e. The molecule has 1 heterocycles. The molecule has 0 aliphatic carbocycles. The van der Waals surface area contributed by atoms with Gasteiger partial charge >= 0.3 is 0 Å². The van der Waals surface area contributed by atoms with E-state index in [1.165, 1.54) is 12.1 Å². The molecule has 0 radical (unpaired) electrons. The number of carbonyl (C=O) groups is 1. The summed E-state index contributed by atoms with van der Waals surface area (Å²) in [7, 11) is -3.50. The molecule has 6 nitrogen and oxygen atoms in total. The van der Waals surface area contributed by atoms with Crippen LogP contribution in [0.2, 0.25) is 5.02 Å². The van der Waals surface area contributed by atoms with Crippen molar-refractivity contribution in [3.8, 4) is 5.75 Å². The smallest absolute Gasteiger partial charge is 0.262 e. The average Bonchev–Trinajstić information content (AvgIpc) is 3.00. The van der Waals surface area contributed by atoms with E-state index in [2.05, 4.69) is 5.32 Å². The standard InChI is InChI=1S/C21H25ClN2O4S/c1-16-6-7-17(14-20(16)22)23-21(25)15-28-18-8-10-19(11-9-18)29(26,27)24-12-4-2-3-5-13-24/h6-11,14H,2-5,12-13,15H2,1H3,(H,23,25). The Kier molecular flexibility index (Phi) is 7.16. The normalized spacial score (nSPS) is 15.5. The number of nitrogens with one attached hydrogen (secondary N) is 1. The van der Waals surface area contributed by atoms with E-state index in [0.29, 0.717) is 29.5 Å². The van der Waals surface area contributed by atoms with Gasteiger partial charge in [-0.3, -0.25) is 4.79 Å². The van der Waals surface area contributed by atoms with Gasteiger partial charge < -0.3 is 10.1 Å². The number of halogens is 1. The molecule has 2 aromatic carbocycles. The fourth-order valence-electron chi connectivity index (χ4n) is 3.16. The summed E-state index contributed by atoms with van der Waals surface area (Å²) in [5, 5.41) is 3.29. The monoisotopic (exact) mass is 436 g/mol. The fraction of sp³-hybridized carbons (Fsp3) is 0.381. The highest BCUT2D eigenvalue weighted by molar-refractivity contribution is 7.89. The minimum atomic E-state index is -3.50. The molecular weight excluding hydrogens is 412 g/mol. The zero-order chi connectivity index (χ0) is 20.9. The quantitative estimate of drug-likeness (QED) is 0.735. The van der Waals surface area contributed by atoms with Crippen LogP contribution in [0.5, 0.6) is 5.75 Å². The molecule has 0 aromatic heterocycles. The van der Waals surface area contributed by atoms with Crippen molar-refractivity contribution in [3.63, 3.8) is 0 Å². The van der Waals surface area contributed by atoms with Crippen LogP contribution in [0.3, 0.4) is 0 Å². The lowest BCUT2D eigenvalue weighted by molar-refractivity contribution is -0.118. The highest BCUT2D eigenvalue weighted by Gasteiger charge is 2.25. The van der Waals surface area contributed by atoms with Crippen LogP contribution in [0.1, 0.15) is 31.2 Å². The van der Waals surface area contributed by atoms with Gasteiger partial charge in [0.25, 0.3) is 5.91 Å². The van der Waals surface area contributed by atoms with Crippen LogP contribution >= 0.6 is 11.6 Å². The third-order valence-electron chi connectivity index (χ3n) is 4.85. The van der Waals surface area contributed by atoms with Gasteiger partial charge in [0.05, 0.1) is 4.90 Å². The van der Waals surface area contributed by atoms with Gasteiger partial charge in [0.1, 0.15) is 5.75 Å². The first-order chi connectivity index (χ1) is 13.9. The maximum atomic E-state index is 12.8. The molecule has 1 saturated heterocycles. The number of hydrogen-bond acceptors (Lipinski definition) is 4. The molecule has 1 aliphatic rings. The highest BCUT2D eigenvalue weighted by atomic mass is 35.5. The summed E-state index contributed by atoms with van der Waals surface area (Å²) in [5.74, 6) is 0.100. The van der Waals surface area contributed by atoms with Crippen LogP contribution < -0.4 is 10.1 Å². The van der Waals surface area contributed by atoms with Gasteiger partial charge in [-0.1, -0.05) is 30.5 Å². The number of rotatable bonds is 6. The predicted octanol–water partition coefficient (Wildman–Crippen LogP) is 4.23. The van der Waals surface area contributed by atoms with Gasteiger partial charge in [0.2, 0.25) is 10.0 Å². The number of benzene rings is 2. The van der Waals surface area contributed by atoms with E-state index in [1.54, 1.807) is 28.6 Å². The molecule has 29 heavy (non-hydrogen) atoms.